The lowest BCUT2D eigenvalue weighted by molar-refractivity contribution is -0.141. The summed E-state index contributed by atoms with van der Waals surface area (Å²) in [5.74, 6) is -10.4. The van der Waals surface area contributed by atoms with Gasteiger partial charge in [-0.05, 0) is 29.8 Å². The number of pyridine rings is 2. The molecule has 170 valence electrons. The van der Waals surface area contributed by atoms with Crippen LogP contribution in [0.4, 0.5) is 36.4 Å². The van der Waals surface area contributed by atoms with Gasteiger partial charge in [0.25, 0.3) is 5.91 Å². The Bertz CT molecular complexity index is 1390. The maximum atomic E-state index is 14.6. The van der Waals surface area contributed by atoms with Crippen molar-refractivity contribution in [3.05, 3.63) is 77.3 Å². The van der Waals surface area contributed by atoms with E-state index in [2.05, 4.69) is 10.1 Å². The summed E-state index contributed by atoms with van der Waals surface area (Å²) in [7, 11) is 0. The summed E-state index contributed by atoms with van der Waals surface area (Å²) in [6, 6.07) is 5.25. The van der Waals surface area contributed by atoms with Gasteiger partial charge in [0.1, 0.15) is 16.9 Å². The quantitative estimate of drug-likeness (QED) is 0.329. The molecule has 0 fully saturated rings. The molecule has 4 aromatic rings. The van der Waals surface area contributed by atoms with E-state index in [0.29, 0.717) is 6.20 Å². The summed E-state index contributed by atoms with van der Waals surface area (Å²) in [5.41, 5.74) is -5.86. The summed E-state index contributed by atoms with van der Waals surface area (Å²) in [6.45, 7) is 0. The predicted molar refractivity (Wildman–Crippen MR) is 99.3 cm³/mol. The van der Waals surface area contributed by atoms with Gasteiger partial charge in [0.05, 0.1) is 11.1 Å². The zero-order valence-corrected chi connectivity index (χ0v) is 15.9. The van der Waals surface area contributed by atoms with Crippen LogP contribution in [0.1, 0.15) is 16.1 Å². The van der Waals surface area contributed by atoms with Crippen LogP contribution in [0.5, 0.6) is 5.88 Å². The minimum absolute atomic E-state index is 0.0161. The Hall–Kier alpha value is -4.16. The lowest BCUT2D eigenvalue weighted by Crippen LogP contribution is -2.17. The van der Waals surface area contributed by atoms with Gasteiger partial charge in [0, 0.05) is 12.4 Å². The molecule has 0 saturated carbocycles. The molecular weight excluding hydrogens is 461 g/mol. The molecular formula is C20H9F7N4O2. The Kier molecular flexibility index (Phi) is 5.18. The molecule has 2 N–H and O–H groups in total. The van der Waals surface area contributed by atoms with Gasteiger partial charge in [-0.3, -0.25) is 9.78 Å². The largest absolute Gasteiger partial charge is 0.492 e. The second-order valence-electron chi connectivity index (χ2n) is 6.62. The average Bonchev–Trinajstić information content (AvgIpc) is 3.11. The van der Waals surface area contributed by atoms with Crippen LogP contribution in [0.2, 0.25) is 0 Å². The van der Waals surface area contributed by atoms with Gasteiger partial charge in [0.15, 0.2) is 23.3 Å². The first kappa shape index (κ1) is 22.0. The molecule has 1 aromatic carbocycles. The Balaban J connectivity index is 1.79. The molecule has 0 atom stereocenters. The average molecular weight is 470 g/mol. The van der Waals surface area contributed by atoms with E-state index in [1.807, 2.05) is 0 Å². The molecule has 0 aliphatic carbocycles. The standard InChI is InChI=1S/C20H9F7N4O2/c21-13-11(8-4-5-28-10(7-8)20(25,26)27)14(22)16(24)17(15(13)23)29-18(32)12-9-3-1-2-6-31(9)30-19(12)33/h1-7H,(H,29,32)(H,30,33). The first-order valence-corrected chi connectivity index (χ1v) is 8.88. The Labute approximate surface area is 178 Å². The number of alkyl halides is 3. The minimum Gasteiger partial charge on any atom is -0.492 e. The summed E-state index contributed by atoms with van der Waals surface area (Å²) in [6.07, 6.45) is -3.06. The first-order chi connectivity index (χ1) is 15.5. The van der Waals surface area contributed by atoms with E-state index in [-0.39, 0.29) is 11.6 Å². The van der Waals surface area contributed by atoms with Gasteiger partial charge in [-0.2, -0.15) is 13.2 Å². The second kappa shape index (κ2) is 7.76. The fourth-order valence-electron chi connectivity index (χ4n) is 3.12. The van der Waals surface area contributed by atoms with Crippen molar-refractivity contribution in [1.82, 2.24) is 14.6 Å². The molecule has 0 radical (unpaired) electrons. The monoisotopic (exact) mass is 470 g/mol. The highest BCUT2D eigenvalue weighted by Gasteiger charge is 2.34. The van der Waals surface area contributed by atoms with Crippen molar-refractivity contribution in [1.29, 1.82) is 0 Å². The van der Waals surface area contributed by atoms with Crippen LogP contribution >= 0.6 is 0 Å². The van der Waals surface area contributed by atoms with Gasteiger partial charge >= 0.3 is 6.18 Å². The van der Waals surface area contributed by atoms with Crippen molar-refractivity contribution in [2.24, 2.45) is 0 Å². The molecule has 0 bridgehead atoms. The van der Waals surface area contributed by atoms with E-state index >= 15 is 0 Å². The van der Waals surface area contributed by atoms with E-state index in [1.165, 1.54) is 24.4 Å². The minimum atomic E-state index is -4.98. The van der Waals surface area contributed by atoms with Gasteiger partial charge < -0.3 is 10.4 Å². The van der Waals surface area contributed by atoms with Crippen molar-refractivity contribution in [2.75, 3.05) is 5.32 Å². The van der Waals surface area contributed by atoms with Crippen LogP contribution in [-0.2, 0) is 6.18 Å². The molecule has 0 spiro atoms. The SMILES string of the molecule is O=C(Nc1c(F)c(F)c(-c2ccnc(C(F)(F)F)c2)c(F)c1F)c1c(O)nn2ccccc12. The van der Waals surface area contributed by atoms with Crippen LogP contribution in [0, 0.1) is 23.3 Å². The third kappa shape index (κ3) is 3.70. The fourth-order valence-corrected chi connectivity index (χ4v) is 3.12. The third-order valence-electron chi connectivity index (χ3n) is 4.59. The van der Waals surface area contributed by atoms with Crippen LogP contribution in [0.25, 0.3) is 16.6 Å². The zero-order chi connectivity index (χ0) is 24.1. The molecule has 0 aliphatic rings. The fraction of sp³-hybridized carbons (Fsp3) is 0.0500. The predicted octanol–water partition coefficient (Wildman–Crippen LogP) is 4.93. The molecule has 4 rings (SSSR count). The topological polar surface area (TPSA) is 79.5 Å². The lowest BCUT2D eigenvalue weighted by Gasteiger charge is -2.14. The van der Waals surface area contributed by atoms with Crippen molar-refractivity contribution >= 4 is 17.1 Å². The Morgan fingerprint density at radius 2 is 1.67 bits per heavy atom. The molecule has 0 saturated heterocycles. The van der Waals surface area contributed by atoms with E-state index in [1.54, 1.807) is 5.32 Å². The van der Waals surface area contributed by atoms with Gasteiger partial charge in [-0.15, -0.1) is 5.10 Å². The highest BCUT2D eigenvalue weighted by Crippen LogP contribution is 2.37. The molecule has 3 heterocycles. The maximum Gasteiger partial charge on any atom is 0.433 e. The number of hydrogen-bond donors (Lipinski definition) is 2. The highest BCUT2D eigenvalue weighted by atomic mass is 19.4. The second-order valence-corrected chi connectivity index (χ2v) is 6.62. The van der Waals surface area contributed by atoms with Crippen molar-refractivity contribution in [3.63, 3.8) is 0 Å². The molecule has 33 heavy (non-hydrogen) atoms. The molecule has 0 aliphatic heterocycles. The number of aromatic nitrogens is 3. The normalized spacial score (nSPS) is 11.7. The zero-order valence-electron chi connectivity index (χ0n) is 15.9. The third-order valence-corrected chi connectivity index (χ3v) is 4.59. The summed E-state index contributed by atoms with van der Waals surface area (Å²) in [5, 5.41) is 15.1. The molecule has 6 nitrogen and oxygen atoms in total. The van der Waals surface area contributed by atoms with E-state index in [9.17, 15) is 40.6 Å². The maximum absolute atomic E-state index is 14.6. The molecule has 0 unspecified atom stereocenters. The number of fused-ring (bicyclic) bond motifs is 1. The van der Waals surface area contributed by atoms with E-state index in [4.69, 9.17) is 0 Å². The summed E-state index contributed by atoms with van der Waals surface area (Å²) >= 11 is 0. The van der Waals surface area contributed by atoms with Gasteiger partial charge in [0.2, 0.25) is 5.88 Å². The van der Waals surface area contributed by atoms with Gasteiger partial charge in [-0.1, -0.05) is 6.07 Å². The van der Waals surface area contributed by atoms with Crippen LogP contribution in [0.15, 0.2) is 42.7 Å². The van der Waals surface area contributed by atoms with E-state index < -0.39 is 69.3 Å². The van der Waals surface area contributed by atoms with E-state index in [0.717, 1.165) is 10.6 Å². The number of carbonyl (C=O) groups excluding carboxylic acids is 1. The highest BCUT2D eigenvalue weighted by molar-refractivity contribution is 6.10. The lowest BCUT2D eigenvalue weighted by atomic mass is 10.0. The number of aromatic hydroxyl groups is 1. The number of halogens is 7. The van der Waals surface area contributed by atoms with Crippen LogP contribution in [-0.4, -0.2) is 25.6 Å². The Morgan fingerprint density at radius 1 is 1.00 bits per heavy atom. The van der Waals surface area contributed by atoms with Crippen molar-refractivity contribution in [3.8, 4) is 17.0 Å². The van der Waals surface area contributed by atoms with Crippen molar-refractivity contribution < 1.29 is 40.6 Å². The molecule has 3 aromatic heterocycles. The summed E-state index contributed by atoms with van der Waals surface area (Å²) < 4.78 is 98.2. The number of anilines is 1. The van der Waals surface area contributed by atoms with Gasteiger partial charge in [-0.25, -0.2) is 22.1 Å². The Morgan fingerprint density at radius 3 is 2.30 bits per heavy atom. The number of benzene rings is 1. The number of nitrogens with one attached hydrogen (secondary N) is 1. The summed E-state index contributed by atoms with van der Waals surface area (Å²) in [4.78, 5) is 15.5. The first-order valence-electron chi connectivity index (χ1n) is 8.88. The molecule has 13 heteroatoms. The van der Waals surface area contributed by atoms with Crippen molar-refractivity contribution in [2.45, 2.75) is 6.18 Å². The van der Waals surface area contributed by atoms with Crippen LogP contribution in [0.3, 0.4) is 0 Å². The smallest absolute Gasteiger partial charge is 0.433 e. The number of amides is 1. The van der Waals surface area contributed by atoms with Crippen LogP contribution < -0.4 is 5.32 Å². The number of hydrogen-bond acceptors (Lipinski definition) is 4. The molecule has 1 amide bonds. The number of nitrogens with zero attached hydrogens (tertiary/aromatic N) is 3. The number of rotatable bonds is 3. The number of carbonyl (C=O) groups is 1.